The number of hydrogen-bond donors (Lipinski definition) is 0. The molecule has 1 aromatic carbocycles. The van der Waals surface area contributed by atoms with Gasteiger partial charge in [-0.25, -0.2) is 4.39 Å². The predicted octanol–water partition coefficient (Wildman–Crippen LogP) is 4.59. The molecule has 1 unspecified atom stereocenters. The van der Waals surface area contributed by atoms with E-state index in [9.17, 15) is 14.0 Å². The average molecular weight is 386 g/mol. The number of amides is 1. The Morgan fingerprint density at radius 1 is 1.09 bits per heavy atom. The van der Waals surface area contributed by atoms with E-state index in [2.05, 4.69) is 29.8 Å². The summed E-state index contributed by atoms with van der Waals surface area (Å²) in [7, 11) is 0. The van der Waals surface area contributed by atoms with Gasteiger partial charge < -0.3 is 4.90 Å². The van der Waals surface area contributed by atoms with Crippen LogP contribution >= 0.6 is 15.9 Å². The molecule has 0 N–H and O–H groups in total. The van der Waals surface area contributed by atoms with Gasteiger partial charge in [0.25, 0.3) is 0 Å². The van der Waals surface area contributed by atoms with Crippen LogP contribution in [0.2, 0.25) is 0 Å². The molecule has 1 amide bonds. The van der Waals surface area contributed by atoms with Gasteiger partial charge in [-0.3, -0.25) is 9.59 Å². The normalized spacial score (nSPS) is 12.0. The van der Waals surface area contributed by atoms with Crippen LogP contribution in [0.4, 0.5) is 4.39 Å². The van der Waals surface area contributed by atoms with Crippen LogP contribution in [0.3, 0.4) is 0 Å². The molecule has 0 saturated carbocycles. The first-order valence-electron chi connectivity index (χ1n) is 8.21. The number of alkyl halides is 1. The lowest BCUT2D eigenvalue weighted by molar-refractivity contribution is -0.131. The summed E-state index contributed by atoms with van der Waals surface area (Å²) >= 11 is 3.31. The van der Waals surface area contributed by atoms with Gasteiger partial charge in [0.1, 0.15) is 5.82 Å². The largest absolute Gasteiger partial charge is 0.343 e. The molecule has 0 radical (unpaired) electrons. The van der Waals surface area contributed by atoms with Crippen molar-refractivity contribution < 1.29 is 14.0 Å². The van der Waals surface area contributed by atoms with Crippen LogP contribution in [0.25, 0.3) is 0 Å². The Bertz CT molecular complexity index is 496. The van der Waals surface area contributed by atoms with E-state index in [1.54, 1.807) is 0 Å². The molecule has 5 heteroatoms. The molecular weight excluding hydrogens is 361 g/mol. The van der Waals surface area contributed by atoms with Crippen LogP contribution in [-0.4, -0.2) is 34.5 Å². The molecule has 0 saturated heterocycles. The molecule has 0 aliphatic heterocycles. The van der Waals surface area contributed by atoms with Crippen molar-refractivity contribution >= 4 is 27.6 Å². The van der Waals surface area contributed by atoms with Crippen LogP contribution < -0.4 is 0 Å². The van der Waals surface area contributed by atoms with E-state index in [0.717, 1.165) is 38.8 Å². The van der Waals surface area contributed by atoms with Crippen molar-refractivity contribution in [2.24, 2.45) is 0 Å². The lowest BCUT2D eigenvalue weighted by atomic mass is 10.1. The number of halogens is 2. The van der Waals surface area contributed by atoms with E-state index in [0.29, 0.717) is 5.56 Å². The number of ketones is 1. The maximum absolute atomic E-state index is 12.9. The molecule has 0 fully saturated rings. The first kappa shape index (κ1) is 19.8. The smallest absolute Gasteiger partial charge is 0.224 e. The third kappa shape index (κ3) is 6.81. The van der Waals surface area contributed by atoms with E-state index in [-0.39, 0.29) is 23.9 Å². The first-order chi connectivity index (χ1) is 11.0. The van der Waals surface area contributed by atoms with Crippen molar-refractivity contribution in [3.05, 3.63) is 35.6 Å². The average Bonchev–Trinajstić information content (AvgIpc) is 2.54. The van der Waals surface area contributed by atoms with Gasteiger partial charge in [0, 0.05) is 25.1 Å². The molecule has 0 heterocycles. The highest BCUT2D eigenvalue weighted by atomic mass is 79.9. The number of Topliss-reactive ketones (excluding diaryl/α,β-unsaturated/α-hetero) is 1. The number of carbonyl (C=O) groups is 2. The second-order valence-corrected chi connectivity index (χ2v) is 6.74. The maximum atomic E-state index is 12.9. The zero-order valence-electron chi connectivity index (χ0n) is 13.9. The summed E-state index contributed by atoms with van der Waals surface area (Å²) in [6, 6.07) is 5.40. The summed E-state index contributed by atoms with van der Waals surface area (Å²) in [5, 5.41) is 0. The summed E-state index contributed by atoms with van der Waals surface area (Å²) in [6.07, 6.45) is 4.12. The lowest BCUT2D eigenvalue weighted by Crippen LogP contribution is -2.35. The highest BCUT2D eigenvalue weighted by Crippen LogP contribution is 2.16. The van der Waals surface area contributed by atoms with E-state index in [4.69, 9.17) is 0 Å². The summed E-state index contributed by atoms with van der Waals surface area (Å²) in [5.74, 6) is -0.581. The second-order valence-electron chi connectivity index (χ2n) is 5.63. The van der Waals surface area contributed by atoms with Gasteiger partial charge in [0.15, 0.2) is 5.78 Å². The fourth-order valence-electron chi connectivity index (χ4n) is 2.23. The molecule has 0 aliphatic rings. The highest BCUT2D eigenvalue weighted by molar-refractivity contribution is 9.10. The zero-order valence-corrected chi connectivity index (χ0v) is 15.4. The van der Waals surface area contributed by atoms with Gasteiger partial charge in [-0.15, -0.1) is 0 Å². The molecule has 128 valence electrons. The number of carbonyl (C=O) groups excluding carboxylic acids is 2. The van der Waals surface area contributed by atoms with Crippen LogP contribution in [0.15, 0.2) is 24.3 Å². The quantitative estimate of drug-likeness (QED) is 0.436. The van der Waals surface area contributed by atoms with Gasteiger partial charge in [-0.2, -0.15) is 0 Å². The molecule has 1 atom stereocenters. The van der Waals surface area contributed by atoms with Crippen LogP contribution in [0, 0.1) is 5.82 Å². The minimum Gasteiger partial charge on any atom is -0.343 e. The van der Waals surface area contributed by atoms with Crippen molar-refractivity contribution in [3.8, 4) is 0 Å². The van der Waals surface area contributed by atoms with Gasteiger partial charge in [-0.05, 0) is 37.1 Å². The van der Waals surface area contributed by atoms with Crippen molar-refractivity contribution in [3.63, 3.8) is 0 Å². The van der Waals surface area contributed by atoms with E-state index < -0.39 is 4.83 Å². The van der Waals surface area contributed by atoms with Crippen LogP contribution in [-0.2, 0) is 4.79 Å². The second kappa shape index (κ2) is 10.5. The Balaban J connectivity index is 2.64. The van der Waals surface area contributed by atoms with Crippen molar-refractivity contribution in [1.82, 2.24) is 4.90 Å². The molecule has 0 aliphatic carbocycles. The summed E-state index contributed by atoms with van der Waals surface area (Å²) in [6.45, 7) is 5.65. The summed E-state index contributed by atoms with van der Waals surface area (Å²) in [4.78, 5) is 26.0. The molecule has 23 heavy (non-hydrogen) atoms. The topological polar surface area (TPSA) is 37.4 Å². The molecular formula is C18H25BrFNO2. The minimum atomic E-state index is -0.578. The van der Waals surface area contributed by atoms with Crippen molar-refractivity contribution in [1.29, 1.82) is 0 Å². The van der Waals surface area contributed by atoms with Gasteiger partial charge in [0.2, 0.25) is 5.91 Å². The van der Waals surface area contributed by atoms with Gasteiger partial charge in [-0.1, -0.05) is 42.6 Å². The maximum Gasteiger partial charge on any atom is 0.224 e. The SMILES string of the molecule is CCCCN(CCCC)C(=O)CC(Br)C(=O)c1ccc(F)cc1. The highest BCUT2D eigenvalue weighted by Gasteiger charge is 2.23. The van der Waals surface area contributed by atoms with E-state index in [1.165, 1.54) is 24.3 Å². The fraction of sp³-hybridized carbons (Fsp3) is 0.556. The van der Waals surface area contributed by atoms with Crippen LogP contribution in [0.1, 0.15) is 56.3 Å². The monoisotopic (exact) mass is 385 g/mol. The predicted molar refractivity (Wildman–Crippen MR) is 94.5 cm³/mol. The molecule has 0 aromatic heterocycles. The summed E-state index contributed by atoms with van der Waals surface area (Å²) in [5.41, 5.74) is 0.412. The third-order valence-corrected chi connectivity index (χ3v) is 4.42. The molecule has 0 bridgehead atoms. The fourth-order valence-corrected chi connectivity index (χ4v) is 2.77. The van der Waals surface area contributed by atoms with Crippen molar-refractivity contribution in [2.75, 3.05) is 13.1 Å². The van der Waals surface area contributed by atoms with E-state index in [1.807, 2.05) is 4.90 Å². The summed E-state index contributed by atoms with van der Waals surface area (Å²) < 4.78 is 12.9. The number of nitrogens with zero attached hydrogens (tertiary/aromatic N) is 1. The minimum absolute atomic E-state index is 0.00997. The Hall–Kier alpha value is -1.23. The Morgan fingerprint density at radius 3 is 2.09 bits per heavy atom. The van der Waals surface area contributed by atoms with Gasteiger partial charge in [0.05, 0.1) is 4.83 Å². The Kier molecular flexibility index (Phi) is 9.07. The number of unbranched alkanes of at least 4 members (excludes halogenated alkanes) is 2. The number of hydrogen-bond acceptors (Lipinski definition) is 2. The Morgan fingerprint density at radius 2 is 1.61 bits per heavy atom. The zero-order chi connectivity index (χ0) is 17.2. The van der Waals surface area contributed by atoms with E-state index >= 15 is 0 Å². The van der Waals surface area contributed by atoms with Crippen LogP contribution in [0.5, 0.6) is 0 Å². The number of benzene rings is 1. The standard InChI is InChI=1S/C18H25BrFNO2/c1-3-5-11-21(12-6-4-2)17(22)13-16(19)18(23)14-7-9-15(20)10-8-14/h7-10,16H,3-6,11-13H2,1-2H3. The molecule has 3 nitrogen and oxygen atoms in total. The number of rotatable bonds is 10. The molecule has 1 rings (SSSR count). The Labute approximate surface area is 146 Å². The molecule has 0 spiro atoms. The van der Waals surface area contributed by atoms with Crippen molar-refractivity contribution in [2.45, 2.75) is 50.8 Å². The molecule has 1 aromatic rings. The lowest BCUT2D eigenvalue weighted by Gasteiger charge is -2.23. The van der Waals surface area contributed by atoms with Gasteiger partial charge >= 0.3 is 0 Å². The third-order valence-electron chi connectivity index (χ3n) is 3.68. The first-order valence-corrected chi connectivity index (χ1v) is 9.12.